The zero-order chi connectivity index (χ0) is 17.0. The molecular weight excluding hydrogens is 338 g/mol. The van der Waals surface area contributed by atoms with Crippen molar-refractivity contribution in [2.24, 2.45) is 0 Å². The van der Waals surface area contributed by atoms with Gasteiger partial charge in [-0.25, -0.2) is 4.79 Å². The molecule has 2 rings (SSSR count). The highest BCUT2D eigenvalue weighted by Gasteiger charge is 2.30. The van der Waals surface area contributed by atoms with Gasteiger partial charge >= 0.3 is 5.97 Å². The summed E-state index contributed by atoms with van der Waals surface area (Å²) < 4.78 is 1.30. The maximum atomic E-state index is 12.0. The van der Waals surface area contributed by atoms with Crippen LogP contribution in [0.2, 0.25) is 5.02 Å². The van der Waals surface area contributed by atoms with E-state index < -0.39 is 11.5 Å². The fourth-order valence-corrected chi connectivity index (χ4v) is 2.73. The second-order valence-electron chi connectivity index (χ2n) is 5.31. The standard InChI is InChI=1S/C15H16ClN3O3S/c1-15(2,14(21)22)19-8-10(7-17-19)18-13(20)9-23-12-6-4-3-5-11(12)16/h3-8H,9H2,1-2H3,(H,18,20)(H,21,22). The number of aliphatic carboxylic acids is 1. The van der Waals surface area contributed by atoms with Gasteiger partial charge in [0.15, 0.2) is 5.54 Å². The van der Waals surface area contributed by atoms with Gasteiger partial charge in [-0.1, -0.05) is 23.7 Å². The summed E-state index contributed by atoms with van der Waals surface area (Å²) in [6, 6.07) is 7.28. The highest BCUT2D eigenvalue weighted by Crippen LogP contribution is 2.26. The van der Waals surface area contributed by atoms with E-state index in [2.05, 4.69) is 10.4 Å². The zero-order valence-electron chi connectivity index (χ0n) is 12.6. The van der Waals surface area contributed by atoms with Crippen molar-refractivity contribution in [2.45, 2.75) is 24.3 Å². The number of carboxylic acids is 1. The van der Waals surface area contributed by atoms with Crippen LogP contribution in [0.3, 0.4) is 0 Å². The van der Waals surface area contributed by atoms with E-state index >= 15 is 0 Å². The number of benzene rings is 1. The van der Waals surface area contributed by atoms with Crippen LogP contribution >= 0.6 is 23.4 Å². The lowest BCUT2D eigenvalue weighted by Gasteiger charge is -2.19. The molecule has 0 aliphatic rings. The lowest BCUT2D eigenvalue weighted by atomic mass is 10.1. The van der Waals surface area contributed by atoms with Crippen molar-refractivity contribution < 1.29 is 14.7 Å². The van der Waals surface area contributed by atoms with Crippen LogP contribution in [0.5, 0.6) is 0 Å². The van der Waals surface area contributed by atoms with Gasteiger partial charge in [-0.3, -0.25) is 9.48 Å². The number of nitrogens with zero attached hydrogens (tertiary/aromatic N) is 2. The van der Waals surface area contributed by atoms with Gasteiger partial charge in [0.2, 0.25) is 5.91 Å². The molecule has 0 bridgehead atoms. The van der Waals surface area contributed by atoms with Crippen molar-refractivity contribution >= 4 is 40.9 Å². The average Bonchev–Trinajstić information content (AvgIpc) is 2.95. The SMILES string of the molecule is CC(C)(C(=O)O)n1cc(NC(=O)CSc2ccccc2Cl)cn1. The molecule has 1 amide bonds. The minimum atomic E-state index is -1.19. The molecule has 1 aromatic carbocycles. The molecule has 0 saturated heterocycles. The van der Waals surface area contributed by atoms with Crippen LogP contribution < -0.4 is 5.32 Å². The normalized spacial score (nSPS) is 11.3. The fourth-order valence-electron chi connectivity index (χ4n) is 1.69. The molecule has 0 atom stereocenters. The number of carbonyl (C=O) groups excluding carboxylic acids is 1. The first-order valence-corrected chi connectivity index (χ1v) is 8.13. The number of nitrogens with one attached hydrogen (secondary N) is 1. The number of rotatable bonds is 6. The van der Waals surface area contributed by atoms with E-state index in [1.807, 2.05) is 18.2 Å². The molecule has 0 aliphatic heterocycles. The Kier molecular flexibility index (Phi) is 5.33. The maximum Gasteiger partial charge on any atom is 0.331 e. The van der Waals surface area contributed by atoms with Gasteiger partial charge in [-0.05, 0) is 26.0 Å². The number of amides is 1. The number of hydrogen-bond acceptors (Lipinski definition) is 4. The zero-order valence-corrected chi connectivity index (χ0v) is 14.2. The molecule has 1 heterocycles. The first-order chi connectivity index (χ1) is 10.8. The predicted molar refractivity (Wildman–Crippen MR) is 90.0 cm³/mol. The third-order valence-electron chi connectivity index (χ3n) is 3.16. The number of thioether (sulfide) groups is 1. The summed E-state index contributed by atoms with van der Waals surface area (Å²) in [5.74, 6) is -1.03. The van der Waals surface area contributed by atoms with Crippen molar-refractivity contribution in [1.82, 2.24) is 9.78 Å². The van der Waals surface area contributed by atoms with Crippen LogP contribution in [0.1, 0.15) is 13.8 Å². The Morgan fingerprint density at radius 2 is 2.09 bits per heavy atom. The number of carboxylic acid groups (broad SMARTS) is 1. The van der Waals surface area contributed by atoms with Crippen LogP contribution in [0.15, 0.2) is 41.6 Å². The average molecular weight is 354 g/mol. The predicted octanol–water partition coefficient (Wildman–Crippen LogP) is 3.09. The molecule has 122 valence electrons. The molecule has 0 unspecified atom stereocenters. The topological polar surface area (TPSA) is 84.2 Å². The third-order valence-corrected chi connectivity index (χ3v) is 4.67. The molecule has 8 heteroatoms. The van der Waals surface area contributed by atoms with E-state index in [4.69, 9.17) is 16.7 Å². The molecule has 2 N–H and O–H groups in total. The third kappa shape index (κ3) is 4.27. The second-order valence-corrected chi connectivity index (χ2v) is 6.73. The van der Waals surface area contributed by atoms with Gasteiger partial charge in [0.25, 0.3) is 0 Å². The summed E-state index contributed by atoms with van der Waals surface area (Å²) in [7, 11) is 0. The van der Waals surface area contributed by atoms with E-state index in [0.29, 0.717) is 10.7 Å². The Morgan fingerprint density at radius 3 is 2.74 bits per heavy atom. The number of anilines is 1. The van der Waals surface area contributed by atoms with Crippen LogP contribution in [-0.4, -0.2) is 32.5 Å². The minimum Gasteiger partial charge on any atom is -0.479 e. The van der Waals surface area contributed by atoms with E-state index in [1.165, 1.54) is 42.7 Å². The highest BCUT2D eigenvalue weighted by molar-refractivity contribution is 8.00. The molecule has 0 aliphatic carbocycles. The molecule has 2 aromatic rings. The van der Waals surface area contributed by atoms with Gasteiger partial charge in [0, 0.05) is 11.1 Å². The maximum absolute atomic E-state index is 12.0. The quantitative estimate of drug-likeness (QED) is 0.779. The molecule has 1 aromatic heterocycles. The fraction of sp³-hybridized carbons (Fsp3) is 0.267. The lowest BCUT2D eigenvalue weighted by Crippen LogP contribution is -2.35. The van der Waals surface area contributed by atoms with E-state index in [9.17, 15) is 9.59 Å². The monoisotopic (exact) mass is 353 g/mol. The van der Waals surface area contributed by atoms with Crippen LogP contribution in [0, 0.1) is 0 Å². The number of carbonyl (C=O) groups is 2. The van der Waals surface area contributed by atoms with Gasteiger partial charge < -0.3 is 10.4 Å². The van der Waals surface area contributed by atoms with Crippen molar-refractivity contribution in [2.75, 3.05) is 11.1 Å². The van der Waals surface area contributed by atoms with Crippen molar-refractivity contribution in [3.63, 3.8) is 0 Å². The Labute approximate surface area is 142 Å². The largest absolute Gasteiger partial charge is 0.479 e. The van der Waals surface area contributed by atoms with Gasteiger partial charge in [0.1, 0.15) is 0 Å². The first-order valence-electron chi connectivity index (χ1n) is 6.76. The Bertz CT molecular complexity index is 730. The van der Waals surface area contributed by atoms with E-state index in [1.54, 1.807) is 6.07 Å². The minimum absolute atomic E-state index is 0.192. The van der Waals surface area contributed by atoms with Gasteiger partial charge in [-0.2, -0.15) is 5.10 Å². The smallest absolute Gasteiger partial charge is 0.331 e. The second kappa shape index (κ2) is 7.06. The van der Waals surface area contributed by atoms with Crippen LogP contribution in [-0.2, 0) is 15.1 Å². The molecule has 23 heavy (non-hydrogen) atoms. The summed E-state index contributed by atoms with van der Waals surface area (Å²) in [5.41, 5.74) is -0.737. The summed E-state index contributed by atoms with van der Waals surface area (Å²) in [6.07, 6.45) is 2.91. The molecule has 0 spiro atoms. The Balaban J connectivity index is 1.95. The molecule has 6 nitrogen and oxygen atoms in total. The summed E-state index contributed by atoms with van der Waals surface area (Å²) in [6.45, 7) is 3.06. The summed E-state index contributed by atoms with van der Waals surface area (Å²) >= 11 is 7.36. The lowest BCUT2D eigenvalue weighted by molar-refractivity contribution is -0.146. The van der Waals surface area contributed by atoms with E-state index in [-0.39, 0.29) is 11.7 Å². The number of aromatic nitrogens is 2. The first kappa shape index (κ1) is 17.4. The van der Waals surface area contributed by atoms with Crippen molar-refractivity contribution in [3.8, 4) is 0 Å². The van der Waals surface area contributed by atoms with Gasteiger partial charge in [0.05, 0.1) is 22.7 Å². The molecule has 0 saturated carbocycles. The van der Waals surface area contributed by atoms with Crippen LogP contribution in [0.25, 0.3) is 0 Å². The number of hydrogen-bond donors (Lipinski definition) is 2. The van der Waals surface area contributed by atoms with E-state index in [0.717, 1.165) is 4.90 Å². The molecular formula is C15H16ClN3O3S. The highest BCUT2D eigenvalue weighted by atomic mass is 35.5. The summed E-state index contributed by atoms with van der Waals surface area (Å²) in [4.78, 5) is 24.0. The summed E-state index contributed by atoms with van der Waals surface area (Å²) in [5, 5.41) is 16.4. The molecule has 0 radical (unpaired) electrons. The van der Waals surface area contributed by atoms with Gasteiger partial charge in [-0.15, -0.1) is 11.8 Å². The van der Waals surface area contributed by atoms with Crippen LogP contribution in [0.4, 0.5) is 5.69 Å². The Morgan fingerprint density at radius 1 is 1.39 bits per heavy atom. The molecule has 0 fully saturated rings. The Hall–Kier alpha value is -1.99. The van der Waals surface area contributed by atoms with Crippen molar-refractivity contribution in [3.05, 3.63) is 41.7 Å². The number of halogens is 1. The van der Waals surface area contributed by atoms with Crippen molar-refractivity contribution in [1.29, 1.82) is 0 Å².